The summed E-state index contributed by atoms with van der Waals surface area (Å²) in [5.41, 5.74) is 3.31. The Labute approximate surface area is 263 Å². The molecule has 10 heteroatoms. The second-order valence-corrected chi connectivity index (χ2v) is 12.9. The van der Waals surface area contributed by atoms with Gasteiger partial charge in [-0.25, -0.2) is 8.42 Å². The Balaban J connectivity index is 1.82. The van der Waals surface area contributed by atoms with Gasteiger partial charge in [0.2, 0.25) is 11.8 Å². The van der Waals surface area contributed by atoms with Crippen molar-refractivity contribution in [3.05, 3.63) is 129 Å². The van der Waals surface area contributed by atoms with E-state index in [4.69, 9.17) is 23.2 Å². The van der Waals surface area contributed by atoms with Crippen LogP contribution in [0.3, 0.4) is 0 Å². The first-order valence-electron chi connectivity index (χ1n) is 13.6. The maximum atomic E-state index is 14.4. The fourth-order valence-corrected chi connectivity index (χ4v) is 6.65. The number of sulfonamides is 1. The summed E-state index contributed by atoms with van der Waals surface area (Å²) in [5.74, 6) is -1.01. The number of carbonyl (C=O) groups excluding carboxylic acids is 2. The van der Waals surface area contributed by atoms with Crippen molar-refractivity contribution >= 4 is 50.7 Å². The lowest BCUT2D eigenvalue weighted by atomic mass is 10.0. The van der Waals surface area contributed by atoms with Gasteiger partial charge < -0.3 is 10.2 Å². The van der Waals surface area contributed by atoms with Gasteiger partial charge in [0.05, 0.1) is 10.6 Å². The lowest BCUT2D eigenvalue weighted by Gasteiger charge is -2.34. The van der Waals surface area contributed by atoms with E-state index in [0.29, 0.717) is 21.3 Å². The molecule has 0 fully saturated rings. The van der Waals surface area contributed by atoms with Crippen LogP contribution in [0.25, 0.3) is 0 Å². The van der Waals surface area contributed by atoms with Gasteiger partial charge in [-0.15, -0.1) is 0 Å². The zero-order valence-corrected chi connectivity index (χ0v) is 26.5. The van der Waals surface area contributed by atoms with Crippen LogP contribution in [0.1, 0.15) is 22.3 Å². The van der Waals surface area contributed by atoms with Crippen molar-refractivity contribution < 1.29 is 18.0 Å². The minimum Gasteiger partial charge on any atom is -0.357 e. The number of nitrogens with zero attached hydrogens (tertiary/aromatic N) is 2. The molecule has 7 nitrogen and oxygen atoms in total. The molecule has 0 aromatic heterocycles. The van der Waals surface area contributed by atoms with E-state index < -0.39 is 34.4 Å². The summed E-state index contributed by atoms with van der Waals surface area (Å²) in [4.78, 5) is 29.1. The van der Waals surface area contributed by atoms with Crippen LogP contribution in [0, 0.1) is 13.8 Å². The molecule has 0 spiro atoms. The number of aryl methyl sites for hydroxylation is 2. The highest BCUT2D eigenvalue weighted by molar-refractivity contribution is 7.92. The highest BCUT2D eigenvalue weighted by Crippen LogP contribution is 2.29. The number of benzene rings is 4. The van der Waals surface area contributed by atoms with Crippen LogP contribution in [-0.4, -0.2) is 44.8 Å². The quantitative estimate of drug-likeness (QED) is 0.212. The zero-order valence-electron chi connectivity index (χ0n) is 24.1. The number of anilines is 1. The summed E-state index contributed by atoms with van der Waals surface area (Å²) in [6, 6.07) is 26.6. The molecular formula is C33H33Cl2N3O4S. The van der Waals surface area contributed by atoms with E-state index in [2.05, 4.69) is 5.32 Å². The van der Waals surface area contributed by atoms with E-state index >= 15 is 0 Å². The molecule has 0 radical (unpaired) electrons. The fourth-order valence-electron chi connectivity index (χ4n) is 4.72. The first kappa shape index (κ1) is 32.1. The standard InChI is InChI=1S/C33H33Cl2N3O4S/c1-23-15-17-27(18-16-23)43(41,42)38(26-12-7-9-24(2)19-26)22-32(39)37(21-28-29(34)13-8-14-30(28)35)31(33(40)36-3)20-25-10-5-4-6-11-25/h4-19,31H,20-22H2,1-3H3,(H,36,40). The number of nitrogens with one attached hydrogen (secondary N) is 1. The van der Waals surface area contributed by atoms with E-state index in [0.717, 1.165) is 21.0 Å². The monoisotopic (exact) mass is 637 g/mol. The maximum Gasteiger partial charge on any atom is 0.264 e. The van der Waals surface area contributed by atoms with E-state index in [1.54, 1.807) is 48.5 Å². The molecule has 0 aliphatic rings. The lowest BCUT2D eigenvalue weighted by Crippen LogP contribution is -2.53. The Kier molecular flexibility index (Phi) is 10.5. The molecule has 0 aliphatic carbocycles. The fraction of sp³-hybridized carbons (Fsp3) is 0.212. The number of halogens is 2. The largest absolute Gasteiger partial charge is 0.357 e. The molecule has 0 saturated carbocycles. The molecule has 0 bridgehead atoms. The first-order chi connectivity index (χ1) is 20.5. The summed E-state index contributed by atoms with van der Waals surface area (Å²) in [6.45, 7) is 3.02. The van der Waals surface area contributed by atoms with Gasteiger partial charge in [0, 0.05) is 35.6 Å². The molecule has 0 heterocycles. The molecule has 4 aromatic carbocycles. The van der Waals surface area contributed by atoms with Crippen molar-refractivity contribution in [2.45, 2.75) is 37.8 Å². The molecule has 1 atom stereocenters. The summed E-state index contributed by atoms with van der Waals surface area (Å²) in [7, 11) is -2.69. The predicted octanol–water partition coefficient (Wildman–Crippen LogP) is 6.19. The van der Waals surface area contributed by atoms with Crippen molar-refractivity contribution in [2.24, 2.45) is 0 Å². The van der Waals surface area contributed by atoms with Gasteiger partial charge in [-0.2, -0.15) is 0 Å². The molecule has 1 N–H and O–H groups in total. The van der Waals surface area contributed by atoms with Gasteiger partial charge in [0.1, 0.15) is 12.6 Å². The van der Waals surface area contributed by atoms with E-state index in [9.17, 15) is 18.0 Å². The SMILES string of the molecule is CNC(=O)C(Cc1ccccc1)N(Cc1c(Cl)cccc1Cl)C(=O)CN(c1cccc(C)c1)S(=O)(=O)c1ccc(C)cc1. The van der Waals surface area contributed by atoms with Crippen LogP contribution in [0.15, 0.2) is 102 Å². The second kappa shape index (κ2) is 14.1. The lowest BCUT2D eigenvalue weighted by molar-refractivity contribution is -0.139. The van der Waals surface area contributed by atoms with Crippen LogP contribution >= 0.6 is 23.2 Å². The number of likely N-dealkylation sites (N-methyl/N-ethyl adjacent to an activating group) is 1. The van der Waals surface area contributed by atoms with Gasteiger partial charge in [-0.3, -0.25) is 13.9 Å². The van der Waals surface area contributed by atoms with Gasteiger partial charge in [-0.05, 0) is 61.4 Å². The van der Waals surface area contributed by atoms with Crippen LogP contribution in [0.2, 0.25) is 10.0 Å². The molecular weight excluding hydrogens is 605 g/mol. The average Bonchev–Trinajstić information content (AvgIpc) is 2.99. The number of amides is 2. The van der Waals surface area contributed by atoms with E-state index in [1.165, 1.54) is 24.1 Å². The molecule has 2 amide bonds. The molecule has 0 aliphatic heterocycles. The van der Waals surface area contributed by atoms with Crippen molar-refractivity contribution in [2.75, 3.05) is 17.9 Å². The van der Waals surface area contributed by atoms with Gasteiger partial charge in [0.25, 0.3) is 10.0 Å². The molecule has 4 aromatic rings. The molecule has 4 rings (SSSR count). The van der Waals surface area contributed by atoms with Crippen LogP contribution in [0.5, 0.6) is 0 Å². The normalized spacial score (nSPS) is 11.9. The topological polar surface area (TPSA) is 86.8 Å². The highest BCUT2D eigenvalue weighted by Gasteiger charge is 2.35. The minimum atomic E-state index is -4.18. The summed E-state index contributed by atoms with van der Waals surface area (Å²) in [6.07, 6.45) is 0.184. The van der Waals surface area contributed by atoms with E-state index in [1.807, 2.05) is 50.2 Å². The Bertz CT molecular complexity index is 1680. The summed E-state index contributed by atoms with van der Waals surface area (Å²) < 4.78 is 29.2. The first-order valence-corrected chi connectivity index (χ1v) is 15.8. The minimum absolute atomic E-state index is 0.0419. The third-order valence-electron chi connectivity index (χ3n) is 7.09. The van der Waals surface area contributed by atoms with Crippen LogP contribution in [-0.2, 0) is 32.6 Å². The Morgan fingerprint density at radius 2 is 1.44 bits per heavy atom. The Morgan fingerprint density at radius 3 is 2.05 bits per heavy atom. The maximum absolute atomic E-state index is 14.4. The zero-order chi connectivity index (χ0) is 31.1. The number of carbonyl (C=O) groups is 2. The van der Waals surface area contributed by atoms with Gasteiger partial charge in [0.15, 0.2) is 0 Å². The molecule has 1 unspecified atom stereocenters. The smallest absolute Gasteiger partial charge is 0.264 e. The van der Waals surface area contributed by atoms with Crippen molar-refractivity contribution in [3.8, 4) is 0 Å². The van der Waals surface area contributed by atoms with Crippen LogP contribution < -0.4 is 9.62 Å². The van der Waals surface area contributed by atoms with Gasteiger partial charge >= 0.3 is 0 Å². The van der Waals surface area contributed by atoms with Crippen molar-refractivity contribution in [1.29, 1.82) is 0 Å². The molecule has 43 heavy (non-hydrogen) atoms. The van der Waals surface area contributed by atoms with Crippen molar-refractivity contribution in [3.63, 3.8) is 0 Å². The van der Waals surface area contributed by atoms with E-state index in [-0.39, 0.29) is 17.9 Å². The molecule has 0 saturated heterocycles. The third-order valence-corrected chi connectivity index (χ3v) is 9.58. The highest BCUT2D eigenvalue weighted by atomic mass is 35.5. The van der Waals surface area contributed by atoms with Crippen molar-refractivity contribution in [1.82, 2.24) is 10.2 Å². The number of hydrogen-bond acceptors (Lipinski definition) is 4. The second-order valence-electron chi connectivity index (χ2n) is 10.2. The Morgan fingerprint density at radius 1 is 0.814 bits per heavy atom. The molecule has 224 valence electrons. The number of rotatable bonds is 11. The summed E-state index contributed by atoms with van der Waals surface area (Å²) in [5, 5.41) is 3.30. The Hall–Kier alpha value is -3.85. The predicted molar refractivity (Wildman–Crippen MR) is 172 cm³/mol. The van der Waals surface area contributed by atoms with Crippen LogP contribution in [0.4, 0.5) is 5.69 Å². The van der Waals surface area contributed by atoms with Gasteiger partial charge in [-0.1, -0.05) is 89.4 Å². The number of hydrogen-bond donors (Lipinski definition) is 1. The third kappa shape index (κ3) is 7.76. The average molecular weight is 639 g/mol. The summed E-state index contributed by atoms with van der Waals surface area (Å²) >= 11 is 13.0.